The second-order valence-electron chi connectivity index (χ2n) is 4.20. The van der Waals surface area contributed by atoms with Crippen molar-refractivity contribution in [2.24, 2.45) is 5.92 Å². The fourth-order valence-electron chi connectivity index (χ4n) is 1.95. The maximum absolute atomic E-state index is 11.7. The highest BCUT2D eigenvalue weighted by molar-refractivity contribution is 5.91. The van der Waals surface area contributed by atoms with Gasteiger partial charge in [-0.15, -0.1) is 0 Å². The van der Waals surface area contributed by atoms with Crippen LogP contribution in [0, 0.1) is 11.1 Å². The van der Waals surface area contributed by atoms with Gasteiger partial charge in [-0.25, -0.2) is 0 Å². The quantitative estimate of drug-likeness (QED) is 0.377. The lowest BCUT2D eigenvalue weighted by Gasteiger charge is -2.19. The standard InChI is InChI=1S/C13H17NO3/c1-9(10(2)14(16)17)13(11(3)15)12-7-5-4-6-8-12/h4-9,13H,1-3H3,(H,16,17). The fourth-order valence-corrected chi connectivity index (χ4v) is 1.95. The second-order valence-corrected chi connectivity index (χ2v) is 4.20. The molecule has 17 heavy (non-hydrogen) atoms. The van der Waals surface area contributed by atoms with Crippen molar-refractivity contribution in [2.75, 3.05) is 0 Å². The number of carbonyl (C=O) groups excluding carboxylic acids is 1. The van der Waals surface area contributed by atoms with E-state index < -0.39 is 5.92 Å². The average molecular weight is 235 g/mol. The van der Waals surface area contributed by atoms with Gasteiger partial charge in [-0.1, -0.05) is 37.3 Å². The summed E-state index contributed by atoms with van der Waals surface area (Å²) >= 11 is 0. The molecule has 0 spiro atoms. The highest BCUT2D eigenvalue weighted by Crippen LogP contribution is 2.26. The summed E-state index contributed by atoms with van der Waals surface area (Å²) < 4.78 is 0. The first-order valence-corrected chi connectivity index (χ1v) is 5.50. The smallest absolute Gasteiger partial charge is 0.222 e. The normalized spacial score (nSPS) is 15.9. The van der Waals surface area contributed by atoms with Crippen LogP contribution >= 0.6 is 0 Å². The summed E-state index contributed by atoms with van der Waals surface area (Å²) in [7, 11) is 0. The summed E-state index contributed by atoms with van der Waals surface area (Å²) in [4.78, 5) is 11.5. The first-order chi connectivity index (χ1) is 7.95. The average Bonchev–Trinajstić information content (AvgIpc) is 2.28. The Morgan fingerprint density at radius 1 is 1.29 bits per heavy atom. The number of ketones is 1. The molecule has 2 unspecified atom stereocenters. The molecule has 1 aromatic rings. The molecule has 0 radical (unpaired) electrons. The molecule has 4 heteroatoms. The van der Waals surface area contributed by atoms with E-state index in [1.54, 1.807) is 6.92 Å². The number of benzene rings is 1. The van der Waals surface area contributed by atoms with Crippen LogP contribution in [0.1, 0.15) is 32.3 Å². The third kappa shape index (κ3) is 3.06. The van der Waals surface area contributed by atoms with Gasteiger partial charge >= 0.3 is 0 Å². The molecule has 0 aromatic heterocycles. The van der Waals surface area contributed by atoms with Crippen LogP contribution in [0.4, 0.5) is 0 Å². The lowest BCUT2D eigenvalue weighted by molar-refractivity contribution is -0.727. The van der Waals surface area contributed by atoms with Crippen molar-refractivity contribution in [3.8, 4) is 0 Å². The van der Waals surface area contributed by atoms with E-state index in [0.717, 1.165) is 5.56 Å². The minimum Gasteiger partial charge on any atom is -0.418 e. The Labute approximate surface area is 101 Å². The summed E-state index contributed by atoms with van der Waals surface area (Å²) in [5, 5.41) is 19.8. The van der Waals surface area contributed by atoms with Gasteiger partial charge in [0.15, 0.2) is 0 Å². The predicted octanol–water partition coefficient (Wildman–Crippen LogP) is 2.36. The van der Waals surface area contributed by atoms with Gasteiger partial charge in [-0.2, -0.15) is 0 Å². The zero-order valence-electron chi connectivity index (χ0n) is 10.3. The number of carbonyl (C=O) groups is 1. The van der Waals surface area contributed by atoms with Gasteiger partial charge in [-0.05, 0) is 12.5 Å². The molecule has 0 bridgehead atoms. The molecule has 0 aliphatic heterocycles. The van der Waals surface area contributed by atoms with Gasteiger partial charge in [-0.3, -0.25) is 10.0 Å². The lowest BCUT2D eigenvalue weighted by atomic mass is 9.82. The van der Waals surface area contributed by atoms with Gasteiger partial charge in [0.25, 0.3) is 0 Å². The molecule has 0 aliphatic rings. The molecule has 0 saturated heterocycles. The van der Waals surface area contributed by atoms with Crippen LogP contribution in [0.2, 0.25) is 0 Å². The Bertz CT molecular complexity index is 422. The summed E-state index contributed by atoms with van der Waals surface area (Å²) in [5.41, 5.74) is 1.09. The van der Waals surface area contributed by atoms with Crippen molar-refractivity contribution in [1.82, 2.24) is 0 Å². The minimum absolute atomic E-state index is 0.0232. The molecule has 1 rings (SSSR count). The first-order valence-electron chi connectivity index (χ1n) is 5.50. The highest BCUT2D eigenvalue weighted by atomic mass is 16.8. The Morgan fingerprint density at radius 2 is 1.82 bits per heavy atom. The van der Waals surface area contributed by atoms with Crippen LogP contribution in [-0.4, -0.2) is 21.6 Å². The zero-order chi connectivity index (χ0) is 13.0. The third-order valence-corrected chi connectivity index (χ3v) is 3.06. The molecule has 1 N–H and O–H groups in total. The van der Waals surface area contributed by atoms with Crippen LogP contribution in [-0.2, 0) is 4.79 Å². The molecular formula is C13H17NO3. The molecule has 0 fully saturated rings. The van der Waals surface area contributed by atoms with Gasteiger partial charge in [0.2, 0.25) is 5.71 Å². The van der Waals surface area contributed by atoms with Gasteiger partial charge in [0.05, 0.1) is 11.8 Å². The number of Topliss-reactive ketones (excluding diaryl/α,β-unsaturated/α-hetero) is 1. The van der Waals surface area contributed by atoms with E-state index >= 15 is 0 Å². The van der Waals surface area contributed by atoms with Crippen LogP contribution in [0.3, 0.4) is 0 Å². The second kappa shape index (κ2) is 5.48. The van der Waals surface area contributed by atoms with E-state index in [0.29, 0.717) is 0 Å². The predicted molar refractivity (Wildman–Crippen MR) is 65.1 cm³/mol. The Morgan fingerprint density at radius 3 is 2.24 bits per heavy atom. The number of hydrogen-bond acceptors (Lipinski definition) is 3. The van der Waals surface area contributed by atoms with Crippen LogP contribution in [0.15, 0.2) is 30.3 Å². The lowest BCUT2D eigenvalue weighted by Crippen LogP contribution is -2.27. The number of hydrogen-bond donors (Lipinski definition) is 1. The molecular weight excluding hydrogens is 218 g/mol. The SMILES string of the molecule is CC(=O)C(c1ccccc1)C(C)/C(C)=[N+](/[O-])O. The van der Waals surface area contributed by atoms with E-state index in [9.17, 15) is 10.0 Å². The Balaban J connectivity index is 3.12. The van der Waals surface area contributed by atoms with Gasteiger partial charge in [0.1, 0.15) is 5.78 Å². The molecule has 92 valence electrons. The summed E-state index contributed by atoms with van der Waals surface area (Å²) in [6.07, 6.45) is 0. The number of nitrogens with zero attached hydrogens (tertiary/aromatic N) is 1. The van der Waals surface area contributed by atoms with E-state index in [4.69, 9.17) is 5.21 Å². The first kappa shape index (κ1) is 13.2. The van der Waals surface area contributed by atoms with Crippen molar-refractivity contribution in [3.63, 3.8) is 0 Å². The summed E-state index contributed by atoms with van der Waals surface area (Å²) in [6, 6.07) is 9.26. The largest absolute Gasteiger partial charge is 0.418 e. The minimum atomic E-state index is -0.403. The van der Waals surface area contributed by atoms with E-state index in [-0.39, 0.29) is 22.3 Å². The summed E-state index contributed by atoms with van der Waals surface area (Å²) in [5.74, 6) is -0.762. The molecule has 0 aliphatic carbocycles. The Hall–Kier alpha value is -1.84. The van der Waals surface area contributed by atoms with Crippen LogP contribution < -0.4 is 0 Å². The molecule has 0 heterocycles. The van der Waals surface area contributed by atoms with E-state index in [1.165, 1.54) is 13.8 Å². The van der Waals surface area contributed by atoms with Gasteiger partial charge < -0.3 is 5.21 Å². The van der Waals surface area contributed by atoms with Crippen molar-refractivity contribution in [3.05, 3.63) is 41.1 Å². The molecule has 0 amide bonds. The van der Waals surface area contributed by atoms with E-state index in [2.05, 4.69) is 0 Å². The van der Waals surface area contributed by atoms with Gasteiger partial charge in [0, 0.05) is 11.8 Å². The maximum atomic E-state index is 11.7. The topological polar surface area (TPSA) is 63.4 Å². The molecule has 4 nitrogen and oxygen atoms in total. The van der Waals surface area contributed by atoms with Crippen molar-refractivity contribution in [2.45, 2.75) is 26.7 Å². The number of rotatable bonds is 4. The molecule has 0 saturated carbocycles. The third-order valence-electron chi connectivity index (χ3n) is 3.06. The Kier molecular flexibility index (Phi) is 4.26. The van der Waals surface area contributed by atoms with Crippen molar-refractivity contribution >= 4 is 11.5 Å². The fraction of sp³-hybridized carbons (Fsp3) is 0.385. The molecule has 2 atom stereocenters. The maximum Gasteiger partial charge on any atom is 0.222 e. The molecule has 1 aromatic carbocycles. The van der Waals surface area contributed by atoms with Crippen molar-refractivity contribution in [1.29, 1.82) is 0 Å². The van der Waals surface area contributed by atoms with E-state index in [1.807, 2.05) is 30.3 Å². The zero-order valence-corrected chi connectivity index (χ0v) is 10.3. The van der Waals surface area contributed by atoms with Crippen molar-refractivity contribution < 1.29 is 14.9 Å². The summed E-state index contributed by atoms with van der Waals surface area (Å²) in [6.45, 7) is 4.78. The van der Waals surface area contributed by atoms with Crippen LogP contribution in [0.25, 0.3) is 0 Å². The highest BCUT2D eigenvalue weighted by Gasteiger charge is 2.30. The van der Waals surface area contributed by atoms with Crippen LogP contribution in [0.5, 0.6) is 0 Å². The monoisotopic (exact) mass is 235 g/mol.